The van der Waals surface area contributed by atoms with Gasteiger partial charge in [0.2, 0.25) is 5.91 Å². The van der Waals surface area contributed by atoms with Gasteiger partial charge in [-0.25, -0.2) is 13.6 Å². The number of aromatic nitrogens is 2. The Balaban J connectivity index is 0.000000249. The number of nitrogens with one attached hydrogen (secondary N) is 3. The van der Waals surface area contributed by atoms with E-state index in [-0.39, 0.29) is 55.1 Å². The molecular weight excluding hydrogens is 1010 g/mol. The number of ether oxygens (including phenoxy) is 3. The standard InChI is InChI=1S/C24H23FN4O3.C16H25BN2O3.C15H11BrFNO.CH4/c1-3-27-24(30)29-13-19-8-9-20(14-28-19)32-15-18-7-10-21(31-2)22(23(18)25)17-6-4-5-16(11-17)12-26;1-6-18-14(20)10-9-13-8-7-12(11-19-13)17-21-15(2,3)16(4,5)22-17;1-19-13-6-5-12(8-16)15(17)14(13)11-4-2-3-10(7-11)9-18;/h4-11,14H,3,13,15H2,1-2H3,(H2,27,29,30);7-8,11H,6,9-10H2,1-5H3,(H,18,20);2-7H,8H2,1H3;1H4. The Morgan fingerprint density at radius 3 is 1.74 bits per heavy atom. The molecule has 0 bridgehead atoms. The molecule has 1 aliphatic heterocycles. The molecule has 0 radical (unpaired) electrons. The Bertz CT molecular complexity index is 2900. The van der Waals surface area contributed by atoms with Crippen LogP contribution in [-0.4, -0.2) is 67.5 Å². The van der Waals surface area contributed by atoms with Gasteiger partial charge in [0.25, 0.3) is 0 Å². The number of halogens is 3. The highest BCUT2D eigenvalue weighted by molar-refractivity contribution is 9.08. The molecular formula is C56H63BBrF2N7O7. The third-order valence-electron chi connectivity index (χ3n) is 11.8. The summed E-state index contributed by atoms with van der Waals surface area (Å²) < 4.78 is 58.0. The number of methoxy groups -OCH3 is 2. The van der Waals surface area contributed by atoms with Gasteiger partial charge in [-0.3, -0.25) is 14.8 Å². The number of nitrogens with zero attached hydrogens (tertiary/aromatic N) is 4. The first-order valence-corrected chi connectivity index (χ1v) is 24.6. The smallest absolute Gasteiger partial charge is 0.496 e. The number of rotatable bonds is 16. The number of hydrogen-bond donors (Lipinski definition) is 3. The number of nitriles is 2. The van der Waals surface area contributed by atoms with Crippen LogP contribution in [0.25, 0.3) is 22.3 Å². The number of benzene rings is 4. The second-order valence-electron chi connectivity index (χ2n) is 17.4. The summed E-state index contributed by atoms with van der Waals surface area (Å²) >= 11 is 3.26. The van der Waals surface area contributed by atoms with Crippen molar-refractivity contribution in [3.05, 3.63) is 155 Å². The number of amides is 3. The number of urea groups is 1. The van der Waals surface area contributed by atoms with Gasteiger partial charge in [-0.05, 0) is 125 Å². The predicted molar refractivity (Wildman–Crippen MR) is 287 cm³/mol. The van der Waals surface area contributed by atoms with Gasteiger partial charge in [0.05, 0.1) is 78.2 Å². The van der Waals surface area contributed by atoms with E-state index in [9.17, 15) is 14.0 Å². The number of aryl methyl sites for hydroxylation is 1. The van der Waals surface area contributed by atoms with Crippen molar-refractivity contribution in [3.63, 3.8) is 0 Å². The van der Waals surface area contributed by atoms with E-state index in [1.165, 1.54) is 20.4 Å². The van der Waals surface area contributed by atoms with Crippen molar-refractivity contribution in [2.75, 3.05) is 27.3 Å². The molecule has 2 aromatic heterocycles. The van der Waals surface area contributed by atoms with Gasteiger partial charge in [0, 0.05) is 47.8 Å². The first-order valence-electron chi connectivity index (χ1n) is 23.5. The Hall–Kier alpha value is -7.38. The van der Waals surface area contributed by atoms with E-state index in [2.05, 4.69) is 54.0 Å². The van der Waals surface area contributed by atoms with Crippen LogP contribution in [0.2, 0.25) is 0 Å². The van der Waals surface area contributed by atoms with Gasteiger partial charge in [0.1, 0.15) is 35.5 Å². The van der Waals surface area contributed by atoms with Crippen LogP contribution in [0.1, 0.15) is 89.0 Å². The zero-order valence-electron chi connectivity index (χ0n) is 42.2. The normalized spacial score (nSPS) is 12.7. The van der Waals surface area contributed by atoms with Crippen LogP contribution >= 0.6 is 15.9 Å². The summed E-state index contributed by atoms with van der Waals surface area (Å²) in [6.07, 6.45) is 4.38. The molecule has 1 saturated heterocycles. The molecule has 7 rings (SSSR count). The summed E-state index contributed by atoms with van der Waals surface area (Å²) in [7, 11) is 2.58. The lowest BCUT2D eigenvalue weighted by Crippen LogP contribution is -2.41. The summed E-state index contributed by atoms with van der Waals surface area (Å²) in [5, 5.41) is 26.6. The van der Waals surface area contributed by atoms with Gasteiger partial charge in [-0.1, -0.05) is 59.8 Å². The van der Waals surface area contributed by atoms with Gasteiger partial charge in [-0.15, -0.1) is 0 Å². The number of hydrogen-bond acceptors (Lipinski definition) is 11. The highest BCUT2D eigenvalue weighted by atomic mass is 79.9. The number of carbonyl (C=O) groups is 2. The second kappa shape index (κ2) is 28.2. The van der Waals surface area contributed by atoms with Crippen molar-refractivity contribution >= 4 is 40.4 Å². The average molecular weight is 1070 g/mol. The van der Waals surface area contributed by atoms with E-state index in [1.807, 2.05) is 53.7 Å². The lowest BCUT2D eigenvalue weighted by molar-refractivity contribution is -0.120. The second-order valence-corrected chi connectivity index (χ2v) is 17.9. The highest BCUT2D eigenvalue weighted by Gasteiger charge is 2.51. The van der Waals surface area contributed by atoms with E-state index in [4.69, 9.17) is 34.0 Å². The summed E-state index contributed by atoms with van der Waals surface area (Å²) in [5.41, 5.74) is 5.41. The number of alkyl halides is 1. The van der Waals surface area contributed by atoms with Crippen LogP contribution in [-0.2, 0) is 39.0 Å². The molecule has 1 aliphatic rings. The fourth-order valence-corrected chi connectivity index (χ4v) is 7.60. The fraction of sp³-hybridized carbons (Fsp3) is 0.321. The van der Waals surface area contributed by atoms with Crippen molar-refractivity contribution in [3.8, 4) is 51.6 Å². The quantitative estimate of drug-likeness (QED) is 0.0618. The first kappa shape index (κ1) is 59.2. The van der Waals surface area contributed by atoms with Crippen molar-refractivity contribution in [2.45, 2.75) is 91.5 Å². The van der Waals surface area contributed by atoms with Crippen LogP contribution in [0.4, 0.5) is 13.6 Å². The third-order valence-corrected chi connectivity index (χ3v) is 12.4. The maximum Gasteiger partial charge on any atom is 0.496 e. The Kier molecular flexibility index (Phi) is 22.5. The summed E-state index contributed by atoms with van der Waals surface area (Å²) in [5.74, 6) is 0.542. The maximum atomic E-state index is 15.3. The Morgan fingerprint density at radius 1 is 0.716 bits per heavy atom. The van der Waals surface area contributed by atoms with Crippen LogP contribution < -0.4 is 35.6 Å². The van der Waals surface area contributed by atoms with Crippen LogP contribution in [0.5, 0.6) is 17.2 Å². The van der Waals surface area contributed by atoms with Gasteiger partial charge in [-0.2, -0.15) is 10.5 Å². The lowest BCUT2D eigenvalue weighted by atomic mass is 9.80. The summed E-state index contributed by atoms with van der Waals surface area (Å²) in [6, 6.07) is 31.4. The molecule has 0 atom stereocenters. The molecule has 4 aromatic carbocycles. The molecule has 18 heteroatoms. The van der Waals surface area contributed by atoms with Crippen molar-refractivity contribution in [1.29, 1.82) is 10.5 Å². The molecule has 0 spiro atoms. The summed E-state index contributed by atoms with van der Waals surface area (Å²) in [4.78, 5) is 31.6. The molecule has 0 aliphatic carbocycles. The molecule has 3 amide bonds. The zero-order valence-corrected chi connectivity index (χ0v) is 43.8. The first-order chi connectivity index (χ1) is 35.0. The van der Waals surface area contributed by atoms with E-state index in [1.54, 1.807) is 91.1 Å². The molecule has 0 unspecified atom stereocenters. The molecule has 388 valence electrons. The van der Waals surface area contributed by atoms with Gasteiger partial charge >= 0.3 is 13.1 Å². The SMILES string of the molecule is C.CCNC(=O)CCc1ccc(B2OC(C)(C)C(C)(C)O2)cn1.CCNC(=O)NCc1ccc(OCc2ccc(OC)c(-c3cccc(C#N)c3)c2F)cn1.COc1ccc(CBr)c(F)c1-c1cccc(C#N)c1. The number of carbonyl (C=O) groups excluding carboxylic acids is 2. The zero-order chi connectivity index (χ0) is 53.1. The van der Waals surface area contributed by atoms with E-state index in [0.29, 0.717) is 93.1 Å². The number of pyridine rings is 2. The van der Waals surface area contributed by atoms with Crippen LogP contribution in [0.15, 0.2) is 109 Å². The van der Waals surface area contributed by atoms with E-state index in [0.717, 1.165) is 11.2 Å². The van der Waals surface area contributed by atoms with Crippen molar-refractivity contribution < 1.29 is 41.9 Å². The Labute approximate surface area is 442 Å². The molecule has 1 fully saturated rings. The molecule has 0 saturated carbocycles. The van der Waals surface area contributed by atoms with E-state index < -0.39 is 12.9 Å². The molecule has 3 heterocycles. The summed E-state index contributed by atoms with van der Waals surface area (Å²) in [6.45, 7) is 13.3. The molecule has 6 aromatic rings. The third kappa shape index (κ3) is 15.8. The largest absolute Gasteiger partial charge is 0.496 e. The Morgan fingerprint density at radius 2 is 1.26 bits per heavy atom. The van der Waals surface area contributed by atoms with Crippen LogP contribution in [0, 0.1) is 34.3 Å². The molecule has 14 nitrogen and oxygen atoms in total. The van der Waals surface area contributed by atoms with Crippen molar-refractivity contribution in [2.24, 2.45) is 0 Å². The molecule has 3 N–H and O–H groups in total. The maximum absolute atomic E-state index is 15.3. The highest BCUT2D eigenvalue weighted by Crippen LogP contribution is 2.38. The van der Waals surface area contributed by atoms with Gasteiger partial charge in [0.15, 0.2) is 0 Å². The monoisotopic (exact) mass is 1070 g/mol. The predicted octanol–water partition coefficient (Wildman–Crippen LogP) is 10.5. The minimum atomic E-state index is -0.477. The van der Waals surface area contributed by atoms with Crippen molar-refractivity contribution in [1.82, 2.24) is 25.9 Å². The lowest BCUT2D eigenvalue weighted by Gasteiger charge is -2.32. The van der Waals surface area contributed by atoms with Gasteiger partial charge < -0.3 is 39.5 Å². The van der Waals surface area contributed by atoms with Crippen LogP contribution in [0.3, 0.4) is 0 Å². The minimum absolute atomic E-state index is 0. The average Bonchev–Trinajstić information content (AvgIpc) is 3.62. The van der Waals surface area contributed by atoms with E-state index >= 15 is 4.39 Å². The minimum Gasteiger partial charge on any atom is -0.496 e. The molecule has 74 heavy (non-hydrogen) atoms. The topological polar surface area (TPSA) is 190 Å². The fourth-order valence-electron chi connectivity index (χ4n) is 7.17.